The molecule has 3 aromatic rings. The molecule has 0 atom stereocenters. The number of methoxy groups -OCH3 is 2. The maximum Gasteiger partial charge on any atom is 0.256 e. The number of ether oxygens (including phenoxy) is 2. The molecular formula is C20H18N4O3. The van der Waals surface area contributed by atoms with Gasteiger partial charge >= 0.3 is 0 Å². The van der Waals surface area contributed by atoms with E-state index in [-0.39, 0.29) is 5.91 Å². The van der Waals surface area contributed by atoms with Gasteiger partial charge in [0.1, 0.15) is 5.82 Å². The van der Waals surface area contributed by atoms with Crippen LogP contribution in [0.15, 0.2) is 54.7 Å². The summed E-state index contributed by atoms with van der Waals surface area (Å²) in [6.07, 6.45) is 1.61. The highest BCUT2D eigenvalue weighted by molar-refractivity contribution is 6.04. The minimum absolute atomic E-state index is 0.313. The molecule has 0 aliphatic heterocycles. The van der Waals surface area contributed by atoms with Crippen LogP contribution >= 0.6 is 0 Å². The number of hydrogen-bond acceptors (Lipinski definition) is 5. The van der Waals surface area contributed by atoms with Crippen molar-refractivity contribution in [2.24, 2.45) is 0 Å². The molecular weight excluding hydrogens is 344 g/mol. The van der Waals surface area contributed by atoms with E-state index in [1.54, 1.807) is 55.4 Å². The molecule has 7 heteroatoms. The van der Waals surface area contributed by atoms with Gasteiger partial charge in [-0.05, 0) is 24.3 Å². The van der Waals surface area contributed by atoms with E-state index in [2.05, 4.69) is 10.4 Å². The maximum atomic E-state index is 12.5. The van der Waals surface area contributed by atoms with Crippen molar-refractivity contribution in [1.82, 2.24) is 9.78 Å². The summed E-state index contributed by atoms with van der Waals surface area (Å²) in [6.45, 7) is 0.390. The summed E-state index contributed by atoms with van der Waals surface area (Å²) in [4.78, 5) is 12.5. The van der Waals surface area contributed by atoms with Crippen LogP contribution in [0.1, 0.15) is 21.5 Å². The predicted octanol–water partition coefficient (Wildman–Crippen LogP) is 3.07. The first-order chi connectivity index (χ1) is 13.2. The summed E-state index contributed by atoms with van der Waals surface area (Å²) in [7, 11) is 3.16. The fourth-order valence-corrected chi connectivity index (χ4v) is 2.72. The van der Waals surface area contributed by atoms with Crippen molar-refractivity contribution in [2.75, 3.05) is 19.5 Å². The lowest BCUT2D eigenvalue weighted by Crippen LogP contribution is -2.16. The number of anilines is 1. The third-order valence-electron chi connectivity index (χ3n) is 4.02. The number of hydrogen-bond donors (Lipinski definition) is 1. The van der Waals surface area contributed by atoms with Crippen LogP contribution in [0.2, 0.25) is 0 Å². The molecule has 0 saturated heterocycles. The van der Waals surface area contributed by atoms with Crippen molar-refractivity contribution in [1.29, 1.82) is 5.26 Å². The molecule has 2 aromatic carbocycles. The summed E-state index contributed by atoms with van der Waals surface area (Å²) in [5, 5.41) is 16.1. The Kier molecular flexibility index (Phi) is 5.38. The van der Waals surface area contributed by atoms with E-state index >= 15 is 0 Å². The topological polar surface area (TPSA) is 89.2 Å². The number of nitriles is 1. The van der Waals surface area contributed by atoms with Crippen LogP contribution in [0.25, 0.3) is 0 Å². The smallest absolute Gasteiger partial charge is 0.256 e. The number of benzene rings is 2. The molecule has 0 radical (unpaired) electrons. The number of rotatable bonds is 6. The Morgan fingerprint density at radius 2 is 2.00 bits per heavy atom. The van der Waals surface area contributed by atoms with E-state index < -0.39 is 0 Å². The van der Waals surface area contributed by atoms with E-state index in [1.165, 1.54) is 0 Å². The number of para-hydroxylation sites is 1. The first kappa shape index (κ1) is 18.0. The van der Waals surface area contributed by atoms with Crippen LogP contribution in [0.5, 0.6) is 11.5 Å². The molecule has 1 N–H and O–H groups in total. The van der Waals surface area contributed by atoms with Crippen molar-refractivity contribution in [3.05, 3.63) is 71.4 Å². The summed E-state index contributed by atoms with van der Waals surface area (Å²) < 4.78 is 12.4. The van der Waals surface area contributed by atoms with Crippen molar-refractivity contribution in [3.63, 3.8) is 0 Å². The molecule has 0 aliphatic rings. The van der Waals surface area contributed by atoms with Gasteiger partial charge in [0.05, 0.1) is 38.6 Å². The lowest BCUT2D eigenvalue weighted by Gasteiger charge is -2.14. The van der Waals surface area contributed by atoms with Crippen LogP contribution < -0.4 is 14.8 Å². The van der Waals surface area contributed by atoms with Gasteiger partial charge in [0, 0.05) is 17.2 Å². The van der Waals surface area contributed by atoms with Gasteiger partial charge in [0.2, 0.25) is 0 Å². The zero-order valence-corrected chi connectivity index (χ0v) is 15.0. The van der Waals surface area contributed by atoms with Gasteiger partial charge in [-0.15, -0.1) is 0 Å². The van der Waals surface area contributed by atoms with E-state index in [0.717, 1.165) is 5.56 Å². The first-order valence-electron chi connectivity index (χ1n) is 8.19. The van der Waals surface area contributed by atoms with Gasteiger partial charge in [0.25, 0.3) is 5.91 Å². The molecule has 0 aliphatic carbocycles. The third kappa shape index (κ3) is 3.90. The van der Waals surface area contributed by atoms with E-state index in [1.807, 2.05) is 24.3 Å². The average molecular weight is 362 g/mol. The minimum atomic E-state index is -0.313. The van der Waals surface area contributed by atoms with E-state index in [9.17, 15) is 4.79 Å². The molecule has 0 bridgehead atoms. The predicted molar refractivity (Wildman–Crippen MR) is 100.0 cm³/mol. The molecule has 0 spiro atoms. The lowest BCUT2D eigenvalue weighted by atomic mass is 10.1. The summed E-state index contributed by atoms with van der Waals surface area (Å²) in [5.74, 6) is 1.47. The largest absolute Gasteiger partial charge is 0.493 e. The Balaban J connectivity index is 1.83. The Hall–Kier alpha value is -3.79. The maximum absolute atomic E-state index is 12.5. The minimum Gasteiger partial charge on any atom is -0.493 e. The standard InChI is InChI=1S/C20H18N4O3/c1-26-17-8-4-7-16(19(17)27-2)13-24-18(9-10-22-24)23-20(25)15-6-3-5-14(11-15)12-21/h3-11H,13H2,1-2H3,(H,23,25). The molecule has 7 nitrogen and oxygen atoms in total. The molecule has 3 rings (SSSR count). The van der Waals surface area contributed by atoms with Gasteiger partial charge in [-0.25, -0.2) is 4.68 Å². The molecule has 0 saturated carbocycles. The average Bonchev–Trinajstić information content (AvgIpc) is 3.14. The molecule has 0 unspecified atom stereocenters. The van der Waals surface area contributed by atoms with E-state index in [4.69, 9.17) is 14.7 Å². The van der Waals surface area contributed by atoms with Crippen LogP contribution in [0.3, 0.4) is 0 Å². The molecule has 1 aromatic heterocycles. The second kappa shape index (κ2) is 8.06. The third-order valence-corrected chi connectivity index (χ3v) is 4.02. The second-order valence-electron chi connectivity index (χ2n) is 5.67. The number of nitrogens with one attached hydrogen (secondary N) is 1. The van der Waals surface area contributed by atoms with Gasteiger partial charge in [-0.3, -0.25) is 4.79 Å². The highest BCUT2D eigenvalue weighted by Crippen LogP contribution is 2.31. The Morgan fingerprint density at radius 3 is 2.74 bits per heavy atom. The number of carbonyl (C=O) groups is 1. The van der Waals surface area contributed by atoms with Crippen molar-refractivity contribution in [2.45, 2.75) is 6.54 Å². The van der Waals surface area contributed by atoms with Crippen LogP contribution in [-0.2, 0) is 6.54 Å². The highest BCUT2D eigenvalue weighted by atomic mass is 16.5. The molecule has 27 heavy (non-hydrogen) atoms. The summed E-state index contributed by atoms with van der Waals surface area (Å²) in [6, 6.07) is 15.8. The second-order valence-corrected chi connectivity index (χ2v) is 5.67. The van der Waals surface area contributed by atoms with E-state index in [0.29, 0.717) is 35.0 Å². The van der Waals surface area contributed by atoms with Crippen LogP contribution in [-0.4, -0.2) is 29.9 Å². The van der Waals surface area contributed by atoms with Gasteiger partial charge < -0.3 is 14.8 Å². The van der Waals surface area contributed by atoms with Crippen LogP contribution in [0, 0.1) is 11.3 Å². The fraction of sp³-hybridized carbons (Fsp3) is 0.150. The quantitative estimate of drug-likeness (QED) is 0.728. The van der Waals surface area contributed by atoms with Gasteiger partial charge in [-0.1, -0.05) is 18.2 Å². The van der Waals surface area contributed by atoms with Crippen molar-refractivity contribution < 1.29 is 14.3 Å². The zero-order chi connectivity index (χ0) is 19.2. The SMILES string of the molecule is COc1cccc(Cn2nccc2NC(=O)c2cccc(C#N)c2)c1OC. The molecule has 1 amide bonds. The number of amides is 1. The molecule has 136 valence electrons. The summed E-state index contributed by atoms with van der Waals surface area (Å²) >= 11 is 0. The highest BCUT2D eigenvalue weighted by Gasteiger charge is 2.14. The fourth-order valence-electron chi connectivity index (χ4n) is 2.72. The lowest BCUT2D eigenvalue weighted by molar-refractivity contribution is 0.102. The number of nitrogens with zero attached hydrogens (tertiary/aromatic N) is 3. The first-order valence-corrected chi connectivity index (χ1v) is 8.19. The molecule has 0 fully saturated rings. The Labute approximate surface area is 156 Å². The van der Waals surface area contributed by atoms with Crippen molar-refractivity contribution >= 4 is 11.7 Å². The number of carbonyl (C=O) groups excluding carboxylic acids is 1. The Morgan fingerprint density at radius 1 is 1.19 bits per heavy atom. The number of aromatic nitrogens is 2. The summed E-state index contributed by atoms with van der Waals surface area (Å²) in [5.41, 5.74) is 1.69. The zero-order valence-electron chi connectivity index (χ0n) is 15.0. The normalized spacial score (nSPS) is 10.1. The van der Waals surface area contributed by atoms with Crippen molar-refractivity contribution in [3.8, 4) is 17.6 Å². The van der Waals surface area contributed by atoms with Gasteiger partial charge in [0.15, 0.2) is 11.5 Å². The van der Waals surface area contributed by atoms with Crippen LogP contribution in [0.4, 0.5) is 5.82 Å². The molecule has 1 heterocycles. The van der Waals surface area contributed by atoms with Gasteiger partial charge in [-0.2, -0.15) is 10.4 Å². The monoisotopic (exact) mass is 362 g/mol. The Bertz CT molecular complexity index is 1000.